The number of benzene rings is 1. The number of rotatable bonds is 8. The lowest BCUT2D eigenvalue weighted by Gasteiger charge is -2.21. The Morgan fingerprint density at radius 2 is 1.90 bits per heavy atom. The highest BCUT2D eigenvalue weighted by Crippen LogP contribution is 2.14. The van der Waals surface area contributed by atoms with E-state index in [-0.39, 0.29) is 0 Å². The Bertz CT molecular complexity index is 500. The van der Waals surface area contributed by atoms with E-state index in [1.54, 1.807) is 0 Å². The second-order valence-corrected chi connectivity index (χ2v) is 5.38. The summed E-state index contributed by atoms with van der Waals surface area (Å²) in [5.41, 5.74) is 2.62. The summed E-state index contributed by atoms with van der Waals surface area (Å²) in [6, 6.07) is 9.27. The van der Waals surface area contributed by atoms with E-state index in [1.165, 1.54) is 11.3 Å². The maximum atomic E-state index is 4.07. The average Bonchev–Trinajstić information content (AvgIpc) is 3.00. The van der Waals surface area contributed by atoms with Crippen LogP contribution in [0.3, 0.4) is 0 Å². The number of nitrogens with zero attached hydrogens (tertiary/aromatic N) is 3. The predicted octanol–water partition coefficient (Wildman–Crippen LogP) is 2.91. The van der Waals surface area contributed by atoms with Crippen molar-refractivity contribution in [3.05, 3.63) is 48.5 Å². The van der Waals surface area contributed by atoms with Crippen molar-refractivity contribution in [2.45, 2.75) is 39.9 Å². The van der Waals surface area contributed by atoms with Gasteiger partial charge in [0.25, 0.3) is 0 Å². The normalized spacial score (nSPS) is 12.3. The zero-order valence-electron chi connectivity index (χ0n) is 13.3. The van der Waals surface area contributed by atoms with Crippen LogP contribution in [0, 0.1) is 0 Å². The molecule has 2 aromatic rings. The summed E-state index contributed by atoms with van der Waals surface area (Å²) in [4.78, 5) is 6.43. The molecular weight excluding hydrogens is 260 g/mol. The summed E-state index contributed by atoms with van der Waals surface area (Å²) < 4.78 is 2.10. The van der Waals surface area contributed by atoms with Crippen molar-refractivity contribution >= 4 is 5.69 Å². The predicted molar refractivity (Wildman–Crippen MR) is 88.5 cm³/mol. The molecule has 0 aliphatic rings. The highest BCUT2D eigenvalue weighted by Gasteiger charge is 2.04. The maximum absolute atomic E-state index is 4.07. The van der Waals surface area contributed by atoms with E-state index in [2.05, 4.69) is 64.8 Å². The minimum Gasteiger partial charge on any atom is -0.372 e. The summed E-state index contributed by atoms with van der Waals surface area (Å²) in [6.45, 7) is 10.5. The molecule has 0 aliphatic heterocycles. The van der Waals surface area contributed by atoms with Gasteiger partial charge in [0.2, 0.25) is 0 Å². The third kappa shape index (κ3) is 4.60. The van der Waals surface area contributed by atoms with E-state index in [0.717, 1.165) is 26.2 Å². The van der Waals surface area contributed by atoms with Crippen LogP contribution in [0.25, 0.3) is 0 Å². The van der Waals surface area contributed by atoms with Crippen molar-refractivity contribution in [3.63, 3.8) is 0 Å². The Morgan fingerprint density at radius 1 is 1.19 bits per heavy atom. The molecule has 21 heavy (non-hydrogen) atoms. The van der Waals surface area contributed by atoms with E-state index >= 15 is 0 Å². The molecule has 1 heterocycles. The van der Waals surface area contributed by atoms with Gasteiger partial charge in [0.15, 0.2) is 0 Å². The molecule has 0 fully saturated rings. The summed E-state index contributed by atoms with van der Waals surface area (Å²) >= 11 is 0. The third-order valence-corrected chi connectivity index (χ3v) is 3.76. The standard InChI is InChI=1S/C17H26N4/c1-4-21(5-2)17-8-6-16(7-9-17)12-19-15(3)13-20-11-10-18-14-20/h6-11,14-15,19H,4-5,12-13H2,1-3H3. The quantitative estimate of drug-likeness (QED) is 0.810. The van der Waals surface area contributed by atoms with E-state index < -0.39 is 0 Å². The maximum Gasteiger partial charge on any atom is 0.0946 e. The van der Waals surface area contributed by atoms with Crippen molar-refractivity contribution in [2.75, 3.05) is 18.0 Å². The van der Waals surface area contributed by atoms with Gasteiger partial charge in [-0.3, -0.25) is 0 Å². The largest absolute Gasteiger partial charge is 0.372 e. The fourth-order valence-electron chi connectivity index (χ4n) is 2.48. The van der Waals surface area contributed by atoms with Gasteiger partial charge in [-0.05, 0) is 38.5 Å². The molecule has 1 atom stereocenters. The van der Waals surface area contributed by atoms with Crippen LogP contribution in [0.4, 0.5) is 5.69 Å². The zero-order valence-corrected chi connectivity index (χ0v) is 13.3. The van der Waals surface area contributed by atoms with E-state index in [1.807, 2.05) is 18.7 Å². The van der Waals surface area contributed by atoms with Crippen LogP contribution in [0.5, 0.6) is 0 Å². The fraction of sp³-hybridized carbons (Fsp3) is 0.471. The molecule has 1 aromatic carbocycles. The van der Waals surface area contributed by atoms with E-state index in [9.17, 15) is 0 Å². The van der Waals surface area contributed by atoms with Crippen LogP contribution in [0.15, 0.2) is 43.0 Å². The van der Waals surface area contributed by atoms with Crippen molar-refractivity contribution in [2.24, 2.45) is 0 Å². The van der Waals surface area contributed by atoms with Gasteiger partial charge in [0, 0.05) is 50.3 Å². The van der Waals surface area contributed by atoms with Gasteiger partial charge in [-0.25, -0.2) is 4.98 Å². The molecule has 2 rings (SSSR count). The molecule has 0 saturated carbocycles. The Hall–Kier alpha value is -1.81. The average molecular weight is 286 g/mol. The molecule has 0 amide bonds. The van der Waals surface area contributed by atoms with Crippen LogP contribution in [-0.4, -0.2) is 28.7 Å². The first kappa shape index (κ1) is 15.6. The number of anilines is 1. The lowest BCUT2D eigenvalue weighted by Crippen LogP contribution is -2.29. The lowest BCUT2D eigenvalue weighted by molar-refractivity contribution is 0.476. The summed E-state index contributed by atoms with van der Waals surface area (Å²) in [5, 5.41) is 3.55. The van der Waals surface area contributed by atoms with Gasteiger partial charge in [-0.1, -0.05) is 12.1 Å². The molecule has 1 aromatic heterocycles. The van der Waals surface area contributed by atoms with Gasteiger partial charge in [-0.2, -0.15) is 0 Å². The molecule has 0 bridgehead atoms. The second-order valence-electron chi connectivity index (χ2n) is 5.38. The first-order chi connectivity index (χ1) is 10.2. The molecule has 1 unspecified atom stereocenters. The van der Waals surface area contributed by atoms with Gasteiger partial charge in [-0.15, -0.1) is 0 Å². The van der Waals surface area contributed by atoms with E-state index in [4.69, 9.17) is 0 Å². The van der Waals surface area contributed by atoms with Gasteiger partial charge < -0.3 is 14.8 Å². The number of nitrogens with one attached hydrogen (secondary N) is 1. The zero-order chi connectivity index (χ0) is 15.1. The number of aromatic nitrogens is 2. The van der Waals surface area contributed by atoms with Crippen molar-refractivity contribution < 1.29 is 0 Å². The highest BCUT2D eigenvalue weighted by molar-refractivity contribution is 5.47. The third-order valence-electron chi connectivity index (χ3n) is 3.76. The molecule has 0 aliphatic carbocycles. The molecule has 4 heteroatoms. The van der Waals surface area contributed by atoms with Gasteiger partial charge >= 0.3 is 0 Å². The number of hydrogen-bond acceptors (Lipinski definition) is 3. The Morgan fingerprint density at radius 3 is 2.48 bits per heavy atom. The van der Waals surface area contributed by atoms with Crippen LogP contribution in [0.2, 0.25) is 0 Å². The SMILES string of the molecule is CCN(CC)c1ccc(CNC(C)Cn2ccnc2)cc1. The molecule has 114 valence electrons. The van der Waals surface area contributed by atoms with Gasteiger partial charge in [0.1, 0.15) is 0 Å². The summed E-state index contributed by atoms with van der Waals surface area (Å²) in [7, 11) is 0. The smallest absolute Gasteiger partial charge is 0.0946 e. The van der Waals surface area contributed by atoms with Gasteiger partial charge in [0.05, 0.1) is 6.33 Å². The fourth-order valence-corrected chi connectivity index (χ4v) is 2.48. The Balaban J connectivity index is 1.83. The van der Waals surface area contributed by atoms with Crippen LogP contribution < -0.4 is 10.2 Å². The van der Waals surface area contributed by atoms with Crippen molar-refractivity contribution in [1.82, 2.24) is 14.9 Å². The first-order valence-corrected chi connectivity index (χ1v) is 7.76. The monoisotopic (exact) mass is 286 g/mol. The van der Waals surface area contributed by atoms with Crippen LogP contribution >= 0.6 is 0 Å². The Labute approximate surface area is 127 Å². The van der Waals surface area contributed by atoms with Crippen molar-refractivity contribution in [3.8, 4) is 0 Å². The molecule has 0 saturated heterocycles. The first-order valence-electron chi connectivity index (χ1n) is 7.76. The second kappa shape index (κ2) is 7.84. The number of hydrogen-bond donors (Lipinski definition) is 1. The molecule has 0 radical (unpaired) electrons. The minimum absolute atomic E-state index is 0.418. The van der Waals surface area contributed by atoms with E-state index in [0.29, 0.717) is 6.04 Å². The molecule has 0 spiro atoms. The highest BCUT2D eigenvalue weighted by atomic mass is 15.1. The van der Waals surface area contributed by atoms with Crippen molar-refractivity contribution in [1.29, 1.82) is 0 Å². The lowest BCUT2D eigenvalue weighted by atomic mass is 10.2. The summed E-state index contributed by atoms with van der Waals surface area (Å²) in [6.07, 6.45) is 5.67. The molecule has 1 N–H and O–H groups in total. The number of imidazole rings is 1. The topological polar surface area (TPSA) is 33.1 Å². The minimum atomic E-state index is 0.418. The molecular formula is C17H26N4. The summed E-state index contributed by atoms with van der Waals surface area (Å²) in [5.74, 6) is 0. The molecule has 4 nitrogen and oxygen atoms in total. The van der Waals surface area contributed by atoms with Crippen LogP contribution in [0.1, 0.15) is 26.3 Å². The van der Waals surface area contributed by atoms with Crippen LogP contribution in [-0.2, 0) is 13.1 Å². The Kier molecular flexibility index (Phi) is 5.81.